The summed E-state index contributed by atoms with van der Waals surface area (Å²) in [5.74, 6) is 1.08. The maximum atomic E-state index is 6.04. The van der Waals surface area contributed by atoms with Crippen LogP contribution in [0.4, 0.5) is 0 Å². The van der Waals surface area contributed by atoms with E-state index in [9.17, 15) is 0 Å². The van der Waals surface area contributed by atoms with Crippen LogP contribution in [0.2, 0.25) is 0 Å². The molecule has 1 aliphatic heterocycles. The van der Waals surface area contributed by atoms with Gasteiger partial charge in [0.2, 0.25) is 0 Å². The van der Waals surface area contributed by atoms with Crippen molar-refractivity contribution in [1.82, 2.24) is 4.90 Å². The highest BCUT2D eigenvalue weighted by Gasteiger charge is 2.30. The van der Waals surface area contributed by atoms with Gasteiger partial charge >= 0.3 is 0 Å². The Balaban J connectivity index is 2.26. The number of fused-ring (bicyclic) bond motifs is 1. The van der Waals surface area contributed by atoms with Crippen LogP contribution < -0.4 is 10.5 Å². The van der Waals surface area contributed by atoms with Crippen molar-refractivity contribution in [2.24, 2.45) is 5.73 Å². The molecule has 0 fully saturated rings. The number of likely N-dealkylation sites (N-methyl/N-ethyl adjacent to an activating group) is 1. The Bertz CT molecular complexity index is 464. The molecule has 3 nitrogen and oxygen atoms in total. The molecular weight excluding hydrogens is 316 g/mol. The van der Waals surface area contributed by atoms with Crippen molar-refractivity contribution in [3.05, 3.63) is 27.7 Å². The summed E-state index contributed by atoms with van der Waals surface area (Å²) >= 11 is 3.61. The van der Waals surface area contributed by atoms with E-state index in [4.69, 9.17) is 10.5 Å². The van der Waals surface area contributed by atoms with E-state index in [1.807, 2.05) is 0 Å². The van der Waals surface area contributed by atoms with Crippen molar-refractivity contribution in [2.45, 2.75) is 45.2 Å². The average Bonchev–Trinajstić information content (AvgIpc) is 2.89. The van der Waals surface area contributed by atoms with E-state index in [0.29, 0.717) is 6.54 Å². The lowest BCUT2D eigenvalue weighted by Gasteiger charge is -2.40. The van der Waals surface area contributed by atoms with E-state index >= 15 is 0 Å². The summed E-state index contributed by atoms with van der Waals surface area (Å²) in [4.78, 5) is 2.39. The molecule has 0 unspecified atom stereocenters. The molecule has 0 radical (unpaired) electrons. The Hall–Kier alpha value is -0.580. The lowest BCUT2D eigenvalue weighted by Crippen LogP contribution is -2.50. The number of hydrogen-bond donors (Lipinski definition) is 1. The van der Waals surface area contributed by atoms with Gasteiger partial charge in [-0.25, -0.2) is 0 Å². The highest BCUT2D eigenvalue weighted by molar-refractivity contribution is 9.10. The fourth-order valence-electron chi connectivity index (χ4n) is 3.12. The fraction of sp³-hybridized carbons (Fsp3) is 0.625. The third-order valence-electron chi connectivity index (χ3n) is 4.74. The zero-order valence-electron chi connectivity index (χ0n) is 12.7. The van der Waals surface area contributed by atoms with Crippen molar-refractivity contribution in [1.29, 1.82) is 0 Å². The van der Waals surface area contributed by atoms with Gasteiger partial charge < -0.3 is 10.5 Å². The van der Waals surface area contributed by atoms with Gasteiger partial charge in [0.25, 0.3) is 0 Å². The van der Waals surface area contributed by atoms with E-state index < -0.39 is 0 Å². The normalized spacial score (nSPS) is 14.5. The van der Waals surface area contributed by atoms with Crippen LogP contribution in [0.1, 0.15) is 37.8 Å². The number of nitrogens with zero attached hydrogens (tertiary/aromatic N) is 1. The molecule has 1 aliphatic rings. The fourth-order valence-corrected chi connectivity index (χ4v) is 3.67. The monoisotopic (exact) mass is 340 g/mol. The summed E-state index contributed by atoms with van der Waals surface area (Å²) in [6, 6.07) is 4.34. The van der Waals surface area contributed by atoms with Gasteiger partial charge in [0.1, 0.15) is 5.75 Å². The molecule has 0 atom stereocenters. The maximum Gasteiger partial charge on any atom is 0.127 e. The smallest absolute Gasteiger partial charge is 0.127 e. The predicted molar refractivity (Wildman–Crippen MR) is 87.2 cm³/mol. The molecular formula is C16H25BrN2O. The van der Waals surface area contributed by atoms with Gasteiger partial charge in [0.05, 0.1) is 6.61 Å². The van der Waals surface area contributed by atoms with Gasteiger partial charge in [-0.2, -0.15) is 0 Å². The minimum absolute atomic E-state index is 0.0772. The second-order valence-corrected chi connectivity index (χ2v) is 6.56. The minimum Gasteiger partial charge on any atom is -0.493 e. The van der Waals surface area contributed by atoms with Gasteiger partial charge in [-0.1, -0.05) is 29.8 Å². The van der Waals surface area contributed by atoms with Crippen LogP contribution in [0.25, 0.3) is 0 Å². The molecule has 1 heterocycles. The largest absolute Gasteiger partial charge is 0.493 e. The van der Waals surface area contributed by atoms with E-state index in [2.05, 4.69) is 53.9 Å². The standard InChI is InChI=1S/C16H25BrN2O/c1-4-16(5-2,11-18)19(3)10-13-9-14(17)8-12-6-7-20-15(12)13/h8-9H,4-7,10-11,18H2,1-3H3. The molecule has 1 aromatic rings. The molecule has 20 heavy (non-hydrogen) atoms. The second kappa shape index (κ2) is 6.46. The van der Waals surface area contributed by atoms with Crippen LogP contribution in [0.5, 0.6) is 5.75 Å². The Labute approximate surface area is 130 Å². The molecule has 0 amide bonds. The van der Waals surface area contributed by atoms with Crippen molar-refractivity contribution in [3.8, 4) is 5.75 Å². The molecule has 0 saturated heterocycles. The molecule has 2 N–H and O–H groups in total. The average molecular weight is 341 g/mol. The summed E-state index contributed by atoms with van der Waals surface area (Å²) in [6.45, 7) is 6.80. The van der Waals surface area contributed by atoms with Crippen LogP contribution in [-0.2, 0) is 13.0 Å². The maximum absolute atomic E-state index is 6.04. The summed E-state index contributed by atoms with van der Waals surface area (Å²) in [6.07, 6.45) is 3.14. The first-order valence-electron chi connectivity index (χ1n) is 7.41. The van der Waals surface area contributed by atoms with Crippen molar-refractivity contribution < 1.29 is 4.74 Å². The van der Waals surface area contributed by atoms with E-state index in [0.717, 1.165) is 42.6 Å². The van der Waals surface area contributed by atoms with E-state index in [-0.39, 0.29) is 5.54 Å². The van der Waals surface area contributed by atoms with Gasteiger partial charge in [-0.3, -0.25) is 4.90 Å². The third-order valence-corrected chi connectivity index (χ3v) is 5.20. The number of nitrogens with two attached hydrogens (primary N) is 1. The van der Waals surface area contributed by atoms with Crippen LogP contribution in [0.15, 0.2) is 16.6 Å². The number of benzene rings is 1. The first kappa shape index (κ1) is 15.8. The third kappa shape index (κ3) is 2.87. The number of ether oxygens (including phenoxy) is 1. The molecule has 0 saturated carbocycles. The summed E-state index contributed by atoms with van der Waals surface area (Å²) < 4.78 is 6.96. The van der Waals surface area contributed by atoms with Crippen molar-refractivity contribution in [2.75, 3.05) is 20.2 Å². The summed E-state index contributed by atoms with van der Waals surface area (Å²) in [5, 5.41) is 0. The summed E-state index contributed by atoms with van der Waals surface area (Å²) in [7, 11) is 2.17. The molecule has 2 rings (SSSR count). The number of rotatable bonds is 6. The zero-order chi connectivity index (χ0) is 14.8. The van der Waals surface area contributed by atoms with E-state index in [1.54, 1.807) is 0 Å². The van der Waals surface area contributed by atoms with Gasteiger partial charge in [0.15, 0.2) is 0 Å². The Morgan fingerprint density at radius 2 is 2.05 bits per heavy atom. The quantitative estimate of drug-likeness (QED) is 0.863. The van der Waals surface area contributed by atoms with Crippen molar-refractivity contribution >= 4 is 15.9 Å². The van der Waals surface area contributed by atoms with Crippen LogP contribution in [-0.4, -0.2) is 30.6 Å². The summed E-state index contributed by atoms with van der Waals surface area (Å²) in [5.41, 5.74) is 8.69. The molecule has 0 spiro atoms. The molecule has 0 aliphatic carbocycles. The van der Waals surface area contributed by atoms with Crippen molar-refractivity contribution in [3.63, 3.8) is 0 Å². The Kier molecular flexibility index (Phi) is 5.10. The topological polar surface area (TPSA) is 38.5 Å². The van der Waals surface area contributed by atoms with Gasteiger partial charge in [-0.15, -0.1) is 0 Å². The van der Waals surface area contributed by atoms with Gasteiger partial charge in [-0.05, 0) is 37.6 Å². The zero-order valence-corrected chi connectivity index (χ0v) is 14.3. The highest BCUT2D eigenvalue weighted by atomic mass is 79.9. The SMILES string of the molecule is CCC(CC)(CN)N(C)Cc1cc(Br)cc2c1OCC2. The molecule has 112 valence electrons. The molecule has 0 aromatic heterocycles. The Morgan fingerprint density at radius 3 is 2.65 bits per heavy atom. The second-order valence-electron chi connectivity index (χ2n) is 5.64. The van der Waals surface area contributed by atoms with Crippen LogP contribution in [0.3, 0.4) is 0 Å². The first-order valence-corrected chi connectivity index (χ1v) is 8.21. The molecule has 4 heteroatoms. The van der Waals surface area contributed by atoms with Crippen LogP contribution in [0, 0.1) is 0 Å². The Morgan fingerprint density at radius 1 is 1.35 bits per heavy atom. The highest BCUT2D eigenvalue weighted by Crippen LogP contribution is 2.35. The lowest BCUT2D eigenvalue weighted by atomic mass is 9.90. The van der Waals surface area contributed by atoms with Gasteiger partial charge in [0, 0.05) is 35.1 Å². The number of halogens is 1. The predicted octanol–water partition coefficient (Wildman–Crippen LogP) is 3.33. The lowest BCUT2D eigenvalue weighted by molar-refractivity contribution is 0.107. The first-order chi connectivity index (χ1) is 9.56. The molecule has 1 aromatic carbocycles. The number of hydrogen-bond acceptors (Lipinski definition) is 3. The molecule has 0 bridgehead atoms. The minimum atomic E-state index is 0.0772. The van der Waals surface area contributed by atoms with E-state index in [1.165, 1.54) is 11.1 Å². The van der Waals surface area contributed by atoms with Crippen LogP contribution >= 0.6 is 15.9 Å².